The monoisotopic (exact) mass is 354 g/mol. The molecule has 2 N–H and O–H groups in total. The van der Waals surface area contributed by atoms with Crippen molar-refractivity contribution in [3.8, 4) is 0 Å². The predicted octanol–water partition coefficient (Wildman–Crippen LogP) is 2.54. The van der Waals surface area contributed by atoms with E-state index in [9.17, 15) is 32.7 Å². The summed E-state index contributed by atoms with van der Waals surface area (Å²) in [5.74, 6) is -3.22. The Morgan fingerprint density at radius 1 is 1.24 bits per heavy atom. The number of nitrogens with one attached hydrogen (secondary N) is 1. The second kappa shape index (κ2) is 6.88. The second-order valence-corrected chi connectivity index (χ2v) is 5.35. The van der Waals surface area contributed by atoms with Crippen LogP contribution in [0.3, 0.4) is 0 Å². The highest BCUT2D eigenvalue weighted by Gasteiger charge is 2.31. The van der Waals surface area contributed by atoms with Crippen LogP contribution in [0.15, 0.2) is 35.1 Å². The van der Waals surface area contributed by atoms with Crippen LogP contribution >= 0.6 is 0 Å². The molecule has 0 aliphatic heterocycles. The van der Waals surface area contributed by atoms with Crippen molar-refractivity contribution in [1.29, 1.82) is 0 Å². The number of carboxylic acid groups (broad SMARTS) is 1. The number of aromatic amines is 1. The Balaban J connectivity index is 2.28. The smallest absolute Gasteiger partial charge is 0.416 e. The molecule has 1 atom stereocenters. The van der Waals surface area contributed by atoms with Crippen molar-refractivity contribution in [1.82, 2.24) is 9.97 Å². The number of H-pyrrole nitrogens is 1. The molecule has 1 aromatic carbocycles. The number of alkyl halides is 3. The molecule has 0 saturated heterocycles. The van der Waals surface area contributed by atoms with E-state index >= 15 is 0 Å². The van der Waals surface area contributed by atoms with Gasteiger partial charge in [-0.3, -0.25) is 14.4 Å². The largest absolute Gasteiger partial charge is 0.481 e. The van der Waals surface area contributed by atoms with Gasteiger partial charge in [-0.1, -0.05) is 12.1 Å². The van der Waals surface area contributed by atoms with Crippen LogP contribution in [-0.4, -0.2) is 26.8 Å². The Kier molecular flexibility index (Phi) is 5.05. The van der Waals surface area contributed by atoms with E-state index in [0.29, 0.717) is 0 Å². The minimum Gasteiger partial charge on any atom is -0.481 e. The van der Waals surface area contributed by atoms with E-state index in [-0.39, 0.29) is 17.1 Å². The van der Waals surface area contributed by atoms with Crippen molar-refractivity contribution >= 4 is 11.8 Å². The Morgan fingerprint density at radius 2 is 1.84 bits per heavy atom. The third-order valence-corrected chi connectivity index (χ3v) is 3.47. The van der Waals surface area contributed by atoms with E-state index in [4.69, 9.17) is 0 Å². The molecule has 0 bridgehead atoms. The molecule has 132 valence electrons. The van der Waals surface area contributed by atoms with Crippen LogP contribution in [0.4, 0.5) is 13.2 Å². The van der Waals surface area contributed by atoms with E-state index in [1.54, 1.807) is 0 Å². The number of benzene rings is 1. The van der Waals surface area contributed by atoms with Gasteiger partial charge in [0.2, 0.25) is 0 Å². The number of aryl methyl sites for hydroxylation is 1. The lowest BCUT2D eigenvalue weighted by atomic mass is 9.92. The second-order valence-electron chi connectivity index (χ2n) is 5.35. The molecule has 25 heavy (non-hydrogen) atoms. The minimum atomic E-state index is -4.54. The highest BCUT2D eigenvalue weighted by Crippen LogP contribution is 2.31. The molecule has 0 aliphatic rings. The number of nitrogens with zero attached hydrogens (tertiary/aromatic N) is 1. The number of ketones is 1. The summed E-state index contributed by atoms with van der Waals surface area (Å²) in [4.78, 5) is 41.2. The lowest BCUT2D eigenvalue weighted by Gasteiger charge is -2.13. The molecule has 0 aliphatic carbocycles. The van der Waals surface area contributed by atoms with Crippen LogP contribution in [0.5, 0.6) is 0 Å². The molecule has 1 heterocycles. The lowest BCUT2D eigenvalue weighted by Crippen LogP contribution is -2.20. The van der Waals surface area contributed by atoms with Crippen LogP contribution in [0.25, 0.3) is 0 Å². The average Bonchev–Trinajstić information content (AvgIpc) is 2.50. The molecule has 9 heteroatoms. The summed E-state index contributed by atoms with van der Waals surface area (Å²) in [6.45, 7) is 1.46. The van der Waals surface area contributed by atoms with Gasteiger partial charge in [0.1, 0.15) is 11.5 Å². The summed E-state index contributed by atoms with van der Waals surface area (Å²) in [6.07, 6.45) is -5.07. The third-order valence-electron chi connectivity index (χ3n) is 3.47. The fourth-order valence-electron chi connectivity index (χ4n) is 2.26. The van der Waals surface area contributed by atoms with Crippen molar-refractivity contribution in [3.63, 3.8) is 0 Å². The molecule has 6 nitrogen and oxygen atoms in total. The van der Waals surface area contributed by atoms with Gasteiger partial charge in [0.05, 0.1) is 11.5 Å². The molecule has 0 spiro atoms. The molecule has 0 radical (unpaired) electrons. The molecule has 0 fully saturated rings. The van der Waals surface area contributed by atoms with Gasteiger partial charge in [0.25, 0.3) is 5.56 Å². The highest BCUT2D eigenvalue weighted by molar-refractivity contribution is 5.97. The van der Waals surface area contributed by atoms with Crippen molar-refractivity contribution in [3.05, 3.63) is 63.3 Å². The first kappa shape index (κ1) is 18.4. The van der Waals surface area contributed by atoms with Gasteiger partial charge >= 0.3 is 12.1 Å². The first-order valence-electron chi connectivity index (χ1n) is 7.09. The van der Waals surface area contributed by atoms with Crippen LogP contribution in [0.2, 0.25) is 0 Å². The van der Waals surface area contributed by atoms with Crippen LogP contribution in [-0.2, 0) is 11.0 Å². The maximum Gasteiger partial charge on any atom is 0.416 e. The first-order valence-corrected chi connectivity index (χ1v) is 7.09. The SMILES string of the molecule is Cc1nc(C(=O)CC(C(=O)O)c2ccc(C(F)(F)F)cc2)cc(=O)[nH]1. The standard InChI is InChI=1S/C16H13F3N2O4/c1-8-20-12(7-14(23)21-8)13(22)6-11(15(24)25)9-2-4-10(5-3-9)16(17,18)19/h2-5,7,11H,6H2,1H3,(H,24,25)(H,20,21,23). The van der Waals surface area contributed by atoms with Gasteiger partial charge in [-0.15, -0.1) is 0 Å². The summed E-state index contributed by atoms with van der Waals surface area (Å²) >= 11 is 0. The molecule has 1 aromatic heterocycles. The molecule has 0 saturated carbocycles. The van der Waals surface area contributed by atoms with E-state index in [0.717, 1.165) is 30.3 Å². The highest BCUT2D eigenvalue weighted by atomic mass is 19.4. The Morgan fingerprint density at radius 3 is 2.32 bits per heavy atom. The van der Waals surface area contributed by atoms with Gasteiger partial charge in [-0.2, -0.15) is 13.2 Å². The molecule has 2 aromatic rings. The number of aromatic nitrogens is 2. The number of aliphatic carboxylic acids is 1. The zero-order valence-corrected chi connectivity index (χ0v) is 12.9. The molecule has 1 unspecified atom stereocenters. The summed E-state index contributed by atoms with van der Waals surface area (Å²) in [5.41, 5.74) is -1.62. The van der Waals surface area contributed by atoms with Gasteiger partial charge in [0, 0.05) is 12.5 Å². The van der Waals surface area contributed by atoms with E-state index < -0.39 is 41.4 Å². The summed E-state index contributed by atoms with van der Waals surface area (Å²) in [6, 6.07) is 4.49. The van der Waals surface area contributed by atoms with Crippen molar-refractivity contribution < 1.29 is 27.9 Å². The quantitative estimate of drug-likeness (QED) is 0.804. The van der Waals surface area contributed by atoms with Crippen molar-refractivity contribution in [2.45, 2.75) is 25.4 Å². The van der Waals surface area contributed by atoms with E-state index in [1.165, 1.54) is 6.92 Å². The van der Waals surface area contributed by atoms with E-state index in [2.05, 4.69) is 9.97 Å². The maximum atomic E-state index is 12.6. The number of hydrogen-bond donors (Lipinski definition) is 2. The summed E-state index contributed by atoms with van der Waals surface area (Å²) in [7, 11) is 0. The maximum absolute atomic E-state index is 12.6. The fourth-order valence-corrected chi connectivity index (χ4v) is 2.26. The van der Waals surface area contributed by atoms with Crippen LogP contribution < -0.4 is 5.56 Å². The number of carboxylic acids is 1. The number of rotatable bonds is 5. The average molecular weight is 354 g/mol. The molecular weight excluding hydrogens is 341 g/mol. The fraction of sp³-hybridized carbons (Fsp3) is 0.250. The predicted molar refractivity (Wildman–Crippen MR) is 80.4 cm³/mol. The zero-order valence-electron chi connectivity index (χ0n) is 12.9. The van der Waals surface area contributed by atoms with Crippen LogP contribution in [0, 0.1) is 6.92 Å². The Hall–Kier alpha value is -2.97. The number of Topliss-reactive ketones (excluding diaryl/α,β-unsaturated/α-hetero) is 1. The summed E-state index contributed by atoms with van der Waals surface area (Å²) in [5, 5.41) is 9.30. The number of carbonyl (C=O) groups excluding carboxylic acids is 1. The third kappa shape index (κ3) is 4.52. The molecule has 0 amide bonds. The Bertz CT molecular complexity index is 857. The Labute approximate surface area is 139 Å². The first-order chi connectivity index (χ1) is 11.6. The molecule has 2 rings (SSSR count). The minimum absolute atomic E-state index is 0.0513. The zero-order chi connectivity index (χ0) is 18.8. The van der Waals surface area contributed by atoms with Crippen molar-refractivity contribution in [2.24, 2.45) is 0 Å². The summed E-state index contributed by atoms with van der Waals surface area (Å²) < 4.78 is 37.7. The molecular formula is C16H13F3N2O4. The van der Waals surface area contributed by atoms with Gasteiger partial charge in [-0.05, 0) is 24.6 Å². The number of hydrogen-bond acceptors (Lipinski definition) is 4. The van der Waals surface area contributed by atoms with Gasteiger partial charge in [-0.25, -0.2) is 4.98 Å². The lowest BCUT2D eigenvalue weighted by molar-refractivity contribution is -0.138. The topological polar surface area (TPSA) is 100 Å². The number of carbonyl (C=O) groups is 2. The normalized spacial score (nSPS) is 12.6. The van der Waals surface area contributed by atoms with E-state index in [1.807, 2.05) is 0 Å². The van der Waals surface area contributed by atoms with Gasteiger partial charge < -0.3 is 10.1 Å². The number of halogens is 3. The van der Waals surface area contributed by atoms with Gasteiger partial charge in [0.15, 0.2) is 5.78 Å². The van der Waals surface area contributed by atoms with Crippen molar-refractivity contribution in [2.75, 3.05) is 0 Å². The van der Waals surface area contributed by atoms with Crippen LogP contribution in [0.1, 0.15) is 39.8 Å².